The molecule has 0 aliphatic rings. The van der Waals surface area contributed by atoms with Crippen LogP contribution in [0, 0.1) is 0 Å². The van der Waals surface area contributed by atoms with Gasteiger partial charge in [-0.2, -0.15) is 0 Å². The lowest BCUT2D eigenvalue weighted by Gasteiger charge is -2.25. The van der Waals surface area contributed by atoms with Crippen LogP contribution in [0.15, 0.2) is 24.3 Å². The zero-order valence-corrected chi connectivity index (χ0v) is 47.0. The molecule has 0 heterocycles. The highest BCUT2D eigenvalue weighted by Crippen LogP contribution is 2.43. The molecule has 3 N–H and O–H groups in total. The fourth-order valence-corrected chi connectivity index (χ4v) is 9.74. The molecule has 0 aromatic heterocycles. The van der Waals surface area contributed by atoms with Gasteiger partial charge < -0.3 is 19.8 Å². The van der Waals surface area contributed by atoms with Crippen LogP contribution in [0.2, 0.25) is 0 Å². The van der Waals surface area contributed by atoms with Gasteiger partial charge in [-0.25, -0.2) is 4.57 Å². The van der Waals surface area contributed by atoms with E-state index < -0.39 is 20.0 Å². The topological polar surface area (TPSA) is 105 Å². The number of phosphoric acid groups is 1. The molecule has 8 nitrogen and oxygen atoms in total. The standard InChI is InChI=1S/C59H117N2O6P/c1-6-8-10-12-14-16-18-20-22-24-26-27-28-29-30-31-32-33-35-37-39-41-43-45-47-49-51-53-59(63)60-57(56-67-68(64,65)66-55-54-61(3,4)5)58(62)52-50-48-46-44-42-40-38-36-34-25-23-21-19-17-15-13-11-9-7-2/h42,44,50,52,57-58,62H,6-41,43,45-49,51,53-56H2,1-5H3,(H-,60,63,64,65)/p+1/b44-42+,52-50+. The van der Waals surface area contributed by atoms with Crippen LogP contribution in [0.5, 0.6) is 0 Å². The van der Waals surface area contributed by atoms with Crippen molar-refractivity contribution in [3.05, 3.63) is 24.3 Å². The lowest BCUT2D eigenvalue weighted by Crippen LogP contribution is -2.45. The summed E-state index contributed by atoms with van der Waals surface area (Å²) in [5, 5.41) is 13.9. The molecule has 0 aromatic rings. The van der Waals surface area contributed by atoms with Gasteiger partial charge in [0, 0.05) is 6.42 Å². The van der Waals surface area contributed by atoms with Gasteiger partial charge in [-0.3, -0.25) is 13.8 Å². The summed E-state index contributed by atoms with van der Waals surface area (Å²) in [5.41, 5.74) is 0. The number of carbonyl (C=O) groups is 1. The Morgan fingerprint density at radius 3 is 1.18 bits per heavy atom. The van der Waals surface area contributed by atoms with Crippen molar-refractivity contribution in [1.29, 1.82) is 0 Å². The lowest BCUT2D eigenvalue weighted by molar-refractivity contribution is -0.870. The number of rotatable bonds is 55. The first kappa shape index (κ1) is 67.0. The maximum absolute atomic E-state index is 13.0. The third kappa shape index (κ3) is 52.8. The second kappa shape index (κ2) is 50.9. The van der Waals surface area contributed by atoms with Gasteiger partial charge in [-0.1, -0.05) is 282 Å². The fraction of sp³-hybridized carbons (Fsp3) is 0.915. The van der Waals surface area contributed by atoms with Gasteiger partial charge in [0.1, 0.15) is 13.2 Å². The van der Waals surface area contributed by atoms with Gasteiger partial charge in [0.2, 0.25) is 5.91 Å². The maximum atomic E-state index is 13.0. The number of unbranched alkanes of at least 4 members (excludes halogenated alkanes) is 40. The molecular formula is C59H118N2O6P+. The number of allylic oxidation sites excluding steroid dienone is 3. The number of nitrogens with one attached hydrogen (secondary N) is 1. The van der Waals surface area contributed by atoms with E-state index in [1.165, 1.54) is 238 Å². The van der Waals surface area contributed by atoms with Crippen LogP contribution in [-0.2, 0) is 18.4 Å². The second-order valence-electron chi connectivity index (χ2n) is 21.7. The Hall–Kier alpha value is -1.02. The Balaban J connectivity index is 4.15. The van der Waals surface area contributed by atoms with E-state index in [4.69, 9.17) is 9.05 Å². The second-order valence-corrected chi connectivity index (χ2v) is 23.2. The molecule has 1 amide bonds. The molecule has 0 saturated carbocycles. The average molecular weight is 983 g/mol. The van der Waals surface area contributed by atoms with E-state index >= 15 is 0 Å². The van der Waals surface area contributed by atoms with Gasteiger partial charge in [0.25, 0.3) is 0 Å². The van der Waals surface area contributed by atoms with Crippen LogP contribution < -0.4 is 5.32 Å². The van der Waals surface area contributed by atoms with E-state index in [0.29, 0.717) is 17.4 Å². The summed E-state index contributed by atoms with van der Waals surface area (Å²) in [5.74, 6) is -0.180. The van der Waals surface area contributed by atoms with Gasteiger partial charge in [-0.15, -0.1) is 0 Å². The predicted molar refractivity (Wildman–Crippen MR) is 295 cm³/mol. The van der Waals surface area contributed by atoms with Crippen molar-refractivity contribution in [1.82, 2.24) is 5.32 Å². The number of phosphoric ester groups is 1. The minimum atomic E-state index is -4.35. The number of hydrogen-bond donors (Lipinski definition) is 3. The molecule has 0 fully saturated rings. The van der Waals surface area contributed by atoms with Crippen LogP contribution >= 0.6 is 7.82 Å². The molecule has 0 radical (unpaired) electrons. The molecule has 0 bridgehead atoms. The minimum absolute atomic E-state index is 0.0588. The van der Waals surface area contributed by atoms with Crippen molar-refractivity contribution in [2.45, 2.75) is 309 Å². The molecule has 0 rings (SSSR count). The third-order valence-electron chi connectivity index (χ3n) is 13.7. The number of aliphatic hydroxyl groups excluding tert-OH is 1. The maximum Gasteiger partial charge on any atom is 0.472 e. The molecule has 0 saturated heterocycles. The first-order valence-corrected chi connectivity index (χ1v) is 31.2. The Labute approximate surface area is 424 Å². The van der Waals surface area contributed by atoms with Gasteiger partial charge >= 0.3 is 7.82 Å². The molecule has 0 aromatic carbocycles. The van der Waals surface area contributed by atoms with E-state index in [2.05, 4.69) is 31.3 Å². The summed E-state index contributed by atoms with van der Waals surface area (Å²) in [4.78, 5) is 23.3. The average Bonchev–Trinajstić information content (AvgIpc) is 3.30. The first-order valence-electron chi connectivity index (χ1n) is 29.7. The van der Waals surface area contributed by atoms with Crippen molar-refractivity contribution in [3.63, 3.8) is 0 Å². The van der Waals surface area contributed by atoms with Crippen LogP contribution in [0.3, 0.4) is 0 Å². The largest absolute Gasteiger partial charge is 0.472 e. The summed E-state index contributed by atoms with van der Waals surface area (Å²) >= 11 is 0. The van der Waals surface area contributed by atoms with E-state index in [1.54, 1.807) is 6.08 Å². The number of amides is 1. The van der Waals surface area contributed by atoms with E-state index in [9.17, 15) is 19.4 Å². The van der Waals surface area contributed by atoms with Gasteiger partial charge in [0.15, 0.2) is 0 Å². The summed E-state index contributed by atoms with van der Waals surface area (Å²) in [7, 11) is 1.57. The zero-order valence-electron chi connectivity index (χ0n) is 46.1. The number of likely N-dealkylation sites (N-methyl/N-ethyl adjacent to an activating group) is 1. The van der Waals surface area contributed by atoms with Crippen molar-refractivity contribution < 1.29 is 32.9 Å². The van der Waals surface area contributed by atoms with Crippen molar-refractivity contribution >= 4 is 13.7 Å². The number of carbonyl (C=O) groups excluding carboxylic acids is 1. The van der Waals surface area contributed by atoms with Crippen LogP contribution in [0.4, 0.5) is 0 Å². The number of nitrogens with zero attached hydrogens (tertiary/aromatic N) is 1. The highest BCUT2D eigenvalue weighted by Gasteiger charge is 2.27. The Kier molecular flexibility index (Phi) is 50.1. The predicted octanol–water partition coefficient (Wildman–Crippen LogP) is 18.0. The summed E-state index contributed by atoms with van der Waals surface area (Å²) < 4.78 is 23.7. The van der Waals surface area contributed by atoms with Gasteiger partial charge in [-0.05, 0) is 32.1 Å². The van der Waals surface area contributed by atoms with Gasteiger partial charge in [0.05, 0.1) is 39.9 Å². The first-order chi connectivity index (χ1) is 33.0. The molecule has 3 unspecified atom stereocenters. The molecule has 68 heavy (non-hydrogen) atoms. The van der Waals surface area contributed by atoms with Crippen molar-refractivity contribution in [2.24, 2.45) is 0 Å². The third-order valence-corrected chi connectivity index (χ3v) is 14.7. The molecule has 9 heteroatoms. The SMILES string of the molecule is CCCCCCCCCCCCCCC/C=C/CC/C=C/C(O)C(COP(=O)(O)OCC[N+](C)(C)C)NC(=O)CCCCCCCCCCCCCCCCCCCCCCCCCCCCC. The normalized spacial score (nSPS) is 14.0. The fourth-order valence-electron chi connectivity index (χ4n) is 9.00. The van der Waals surface area contributed by atoms with E-state index in [1.807, 2.05) is 27.2 Å². The monoisotopic (exact) mass is 982 g/mol. The molecule has 0 spiro atoms. The number of quaternary nitrogens is 1. The summed E-state index contributed by atoms with van der Waals surface area (Å²) in [6.45, 7) is 4.84. The Bertz CT molecular complexity index is 1160. The summed E-state index contributed by atoms with van der Waals surface area (Å²) in [6.07, 6.45) is 64.3. The smallest absolute Gasteiger partial charge is 0.387 e. The quantitative estimate of drug-likeness (QED) is 0.0243. The Morgan fingerprint density at radius 1 is 0.485 bits per heavy atom. The Morgan fingerprint density at radius 2 is 0.809 bits per heavy atom. The van der Waals surface area contributed by atoms with E-state index in [0.717, 1.165) is 38.5 Å². The molecular weight excluding hydrogens is 864 g/mol. The molecule has 0 aliphatic heterocycles. The van der Waals surface area contributed by atoms with Crippen LogP contribution in [0.1, 0.15) is 296 Å². The minimum Gasteiger partial charge on any atom is -0.387 e. The highest BCUT2D eigenvalue weighted by atomic mass is 31.2. The van der Waals surface area contributed by atoms with Crippen molar-refractivity contribution in [2.75, 3.05) is 40.9 Å². The van der Waals surface area contributed by atoms with E-state index in [-0.39, 0.29) is 19.1 Å². The highest BCUT2D eigenvalue weighted by molar-refractivity contribution is 7.47. The van der Waals surface area contributed by atoms with Crippen LogP contribution in [0.25, 0.3) is 0 Å². The molecule has 3 atom stereocenters. The lowest BCUT2D eigenvalue weighted by atomic mass is 10.0. The van der Waals surface area contributed by atoms with Crippen LogP contribution in [-0.4, -0.2) is 73.4 Å². The zero-order chi connectivity index (χ0) is 49.9. The number of hydrogen-bond acceptors (Lipinski definition) is 5. The molecule has 0 aliphatic carbocycles. The number of aliphatic hydroxyl groups is 1. The summed E-state index contributed by atoms with van der Waals surface area (Å²) in [6, 6.07) is -0.860. The van der Waals surface area contributed by atoms with Crippen molar-refractivity contribution in [3.8, 4) is 0 Å². The molecule has 404 valence electrons.